The SMILES string of the molecule is CNCC(CC1CCCCC1)NC(=O)N1CCCC([C@@](O)(CCCCOC)c2ccc(F)c(Cl)c2F)C1. The van der Waals surface area contributed by atoms with Crippen molar-refractivity contribution in [3.05, 3.63) is 34.4 Å². The van der Waals surface area contributed by atoms with Crippen molar-refractivity contribution in [3.8, 4) is 0 Å². The Labute approximate surface area is 225 Å². The number of likely N-dealkylation sites (tertiary alicyclic amines) is 1. The molecule has 1 aromatic rings. The van der Waals surface area contributed by atoms with Crippen molar-refractivity contribution in [2.75, 3.05) is 40.4 Å². The number of halogens is 3. The number of methoxy groups -OCH3 is 1. The fourth-order valence-corrected chi connectivity index (χ4v) is 6.31. The fourth-order valence-electron chi connectivity index (χ4n) is 6.14. The normalized spacial score (nSPS) is 21.5. The number of piperidine rings is 1. The van der Waals surface area contributed by atoms with Gasteiger partial charge in [-0.3, -0.25) is 0 Å². The Bertz CT molecular complexity index is 871. The zero-order valence-electron chi connectivity index (χ0n) is 22.3. The molecule has 9 heteroatoms. The third kappa shape index (κ3) is 8.01. The highest BCUT2D eigenvalue weighted by molar-refractivity contribution is 6.31. The van der Waals surface area contributed by atoms with Crippen molar-refractivity contribution in [1.29, 1.82) is 0 Å². The lowest BCUT2D eigenvalue weighted by molar-refractivity contribution is -0.0588. The summed E-state index contributed by atoms with van der Waals surface area (Å²) in [6, 6.07) is 2.27. The van der Waals surface area contributed by atoms with Crippen LogP contribution in [-0.4, -0.2) is 62.5 Å². The molecule has 2 amide bonds. The molecule has 37 heavy (non-hydrogen) atoms. The number of ether oxygens (including phenoxy) is 1. The molecule has 1 saturated carbocycles. The number of amides is 2. The largest absolute Gasteiger partial charge is 0.385 e. The van der Waals surface area contributed by atoms with E-state index in [1.165, 1.54) is 38.2 Å². The highest BCUT2D eigenvalue weighted by atomic mass is 35.5. The van der Waals surface area contributed by atoms with Crippen LogP contribution in [-0.2, 0) is 10.3 Å². The Morgan fingerprint density at radius 2 is 1.97 bits per heavy atom. The van der Waals surface area contributed by atoms with Crippen LogP contribution in [0.3, 0.4) is 0 Å². The number of aliphatic hydroxyl groups is 1. The maximum Gasteiger partial charge on any atom is 0.317 e. The number of rotatable bonds is 12. The molecule has 0 aromatic heterocycles. The Kier molecular flexibility index (Phi) is 11.9. The van der Waals surface area contributed by atoms with Crippen molar-refractivity contribution in [2.24, 2.45) is 11.8 Å². The van der Waals surface area contributed by atoms with E-state index in [2.05, 4.69) is 10.6 Å². The molecule has 210 valence electrons. The third-order valence-corrected chi connectivity index (χ3v) is 8.51. The van der Waals surface area contributed by atoms with Crippen LogP contribution < -0.4 is 10.6 Å². The van der Waals surface area contributed by atoms with Gasteiger partial charge in [0.15, 0.2) is 5.82 Å². The first kappa shape index (κ1) is 30.1. The van der Waals surface area contributed by atoms with Crippen LogP contribution in [0.4, 0.5) is 13.6 Å². The molecule has 1 heterocycles. The summed E-state index contributed by atoms with van der Waals surface area (Å²) in [6.45, 7) is 2.08. The highest BCUT2D eigenvalue weighted by Gasteiger charge is 2.43. The predicted molar refractivity (Wildman–Crippen MR) is 143 cm³/mol. The van der Waals surface area contributed by atoms with Crippen molar-refractivity contribution >= 4 is 17.6 Å². The van der Waals surface area contributed by atoms with E-state index in [1.807, 2.05) is 7.05 Å². The topological polar surface area (TPSA) is 73.8 Å². The molecule has 1 aliphatic heterocycles. The van der Waals surface area contributed by atoms with Gasteiger partial charge in [0.25, 0.3) is 0 Å². The second-order valence-corrected chi connectivity index (χ2v) is 11.2. The van der Waals surface area contributed by atoms with Crippen LogP contribution in [0.15, 0.2) is 12.1 Å². The van der Waals surface area contributed by atoms with E-state index in [1.54, 1.807) is 12.0 Å². The molecule has 0 bridgehead atoms. The number of likely N-dealkylation sites (N-methyl/N-ethyl adjacent to an activating group) is 1. The maximum absolute atomic E-state index is 15.2. The molecule has 0 radical (unpaired) electrons. The van der Waals surface area contributed by atoms with E-state index in [4.69, 9.17) is 16.3 Å². The molecule has 2 aliphatic rings. The van der Waals surface area contributed by atoms with Crippen molar-refractivity contribution in [2.45, 2.75) is 82.3 Å². The first-order chi connectivity index (χ1) is 17.8. The van der Waals surface area contributed by atoms with Gasteiger partial charge in [0.2, 0.25) is 0 Å². The summed E-state index contributed by atoms with van der Waals surface area (Å²) < 4.78 is 34.2. The number of hydrogen-bond donors (Lipinski definition) is 3. The average molecular weight is 544 g/mol. The minimum atomic E-state index is -1.58. The Morgan fingerprint density at radius 1 is 1.22 bits per heavy atom. The molecule has 3 rings (SSSR count). The van der Waals surface area contributed by atoms with E-state index >= 15 is 4.39 Å². The summed E-state index contributed by atoms with van der Waals surface area (Å²) in [5.41, 5.74) is -1.59. The van der Waals surface area contributed by atoms with Gasteiger partial charge in [0.1, 0.15) is 10.8 Å². The quantitative estimate of drug-likeness (QED) is 0.237. The number of carbonyl (C=O) groups excluding carboxylic acids is 1. The molecule has 1 aliphatic carbocycles. The highest BCUT2D eigenvalue weighted by Crippen LogP contribution is 2.42. The third-order valence-electron chi connectivity index (χ3n) is 8.16. The molecule has 1 saturated heterocycles. The molecule has 2 unspecified atom stereocenters. The number of benzene rings is 1. The molecule has 0 spiro atoms. The summed E-state index contributed by atoms with van der Waals surface area (Å²) in [7, 11) is 3.50. The lowest BCUT2D eigenvalue weighted by Gasteiger charge is -2.43. The first-order valence-electron chi connectivity index (χ1n) is 13.9. The van der Waals surface area contributed by atoms with Gasteiger partial charge in [0.05, 0.1) is 5.60 Å². The Balaban J connectivity index is 1.74. The van der Waals surface area contributed by atoms with E-state index in [0.29, 0.717) is 51.3 Å². The van der Waals surface area contributed by atoms with E-state index < -0.39 is 28.2 Å². The van der Waals surface area contributed by atoms with Gasteiger partial charge in [-0.2, -0.15) is 0 Å². The Hall–Kier alpha value is -1.48. The lowest BCUT2D eigenvalue weighted by Crippen LogP contribution is -2.54. The summed E-state index contributed by atoms with van der Waals surface area (Å²) in [5, 5.41) is 17.8. The van der Waals surface area contributed by atoms with E-state index in [9.17, 15) is 14.3 Å². The molecular formula is C28H44ClF2N3O3. The van der Waals surface area contributed by atoms with Gasteiger partial charge in [-0.1, -0.05) is 49.8 Å². The smallest absolute Gasteiger partial charge is 0.317 e. The van der Waals surface area contributed by atoms with Gasteiger partial charge in [-0.25, -0.2) is 13.6 Å². The van der Waals surface area contributed by atoms with Crippen LogP contribution in [0.5, 0.6) is 0 Å². The zero-order chi connectivity index (χ0) is 26.8. The van der Waals surface area contributed by atoms with Crippen molar-refractivity contribution in [3.63, 3.8) is 0 Å². The van der Waals surface area contributed by atoms with Crippen LogP contribution in [0, 0.1) is 23.5 Å². The summed E-state index contributed by atoms with van der Waals surface area (Å²) in [6.07, 6.45) is 10.0. The minimum Gasteiger partial charge on any atom is -0.385 e. The predicted octanol–water partition coefficient (Wildman–Crippen LogP) is 5.60. The standard InChI is InChI=1S/C28H44ClF2N3O3/c1-32-18-22(17-20-9-4-3-5-10-20)33-27(35)34-15-8-11-21(19-34)28(36,14-6-7-16-37-2)23-12-13-24(30)25(29)26(23)31/h12-13,20-22,32,36H,3-11,14-19H2,1-2H3,(H,33,35)/t21?,22?,28-/m0/s1. The van der Waals surface area contributed by atoms with Crippen molar-refractivity contribution in [1.82, 2.24) is 15.5 Å². The van der Waals surface area contributed by atoms with Gasteiger partial charge >= 0.3 is 6.03 Å². The lowest BCUT2D eigenvalue weighted by atomic mass is 9.74. The molecular weight excluding hydrogens is 500 g/mol. The zero-order valence-corrected chi connectivity index (χ0v) is 23.1. The second kappa shape index (κ2) is 14.6. The molecule has 1 aromatic carbocycles. The number of nitrogens with zero attached hydrogens (tertiary/aromatic N) is 1. The van der Waals surface area contributed by atoms with E-state index in [0.717, 1.165) is 12.5 Å². The molecule has 2 fully saturated rings. The summed E-state index contributed by atoms with van der Waals surface area (Å²) in [4.78, 5) is 15.1. The van der Waals surface area contributed by atoms with Crippen LogP contribution >= 0.6 is 11.6 Å². The van der Waals surface area contributed by atoms with Gasteiger partial charge in [0, 0.05) is 50.9 Å². The van der Waals surface area contributed by atoms with Gasteiger partial charge in [-0.15, -0.1) is 0 Å². The van der Waals surface area contributed by atoms with Gasteiger partial charge < -0.3 is 25.4 Å². The Morgan fingerprint density at radius 3 is 2.68 bits per heavy atom. The summed E-state index contributed by atoms with van der Waals surface area (Å²) in [5.74, 6) is -1.57. The number of unbranched alkanes of at least 4 members (excludes halogenated alkanes) is 1. The maximum atomic E-state index is 15.2. The number of carbonyl (C=O) groups is 1. The molecule has 3 atom stereocenters. The number of urea groups is 1. The fraction of sp³-hybridized carbons (Fsp3) is 0.750. The number of hydrogen-bond acceptors (Lipinski definition) is 4. The van der Waals surface area contributed by atoms with Crippen LogP contribution in [0.2, 0.25) is 5.02 Å². The second-order valence-electron chi connectivity index (χ2n) is 10.8. The first-order valence-corrected chi connectivity index (χ1v) is 14.2. The average Bonchev–Trinajstić information content (AvgIpc) is 2.90. The van der Waals surface area contributed by atoms with Crippen LogP contribution in [0.25, 0.3) is 0 Å². The monoisotopic (exact) mass is 543 g/mol. The van der Waals surface area contributed by atoms with Crippen molar-refractivity contribution < 1.29 is 23.4 Å². The van der Waals surface area contributed by atoms with E-state index in [-0.39, 0.29) is 30.6 Å². The minimum absolute atomic E-state index is 0.00562. The van der Waals surface area contributed by atoms with Gasteiger partial charge in [-0.05, 0) is 57.6 Å². The summed E-state index contributed by atoms with van der Waals surface area (Å²) >= 11 is 5.90. The molecule has 6 nitrogen and oxygen atoms in total. The number of nitrogens with one attached hydrogen (secondary N) is 2. The molecule has 3 N–H and O–H groups in total. The van der Waals surface area contributed by atoms with Crippen LogP contribution in [0.1, 0.15) is 76.2 Å².